The van der Waals surface area contributed by atoms with Crippen LogP contribution in [0.2, 0.25) is 0 Å². The smallest absolute Gasteiger partial charge is 0.124 e. The molecular formula is C7H12O2. The minimum Gasteiger partial charge on any atom is -0.396 e. The number of aliphatic hydroxyl groups is 1. The molecule has 0 radical (unpaired) electrons. The van der Waals surface area contributed by atoms with Gasteiger partial charge in [-0.05, 0) is 11.3 Å². The molecule has 0 aromatic carbocycles. The number of rotatable bonds is 2. The van der Waals surface area contributed by atoms with Crippen LogP contribution in [0.1, 0.15) is 13.8 Å². The van der Waals surface area contributed by atoms with Crippen LogP contribution in [0.5, 0.6) is 0 Å². The van der Waals surface area contributed by atoms with Gasteiger partial charge in [0.15, 0.2) is 0 Å². The number of carbonyl (C=O) groups is 1. The lowest BCUT2D eigenvalue weighted by atomic mass is 10.1. The van der Waals surface area contributed by atoms with E-state index in [9.17, 15) is 4.79 Å². The van der Waals surface area contributed by atoms with E-state index in [1.165, 1.54) is 0 Å². The Morgan fingerprint density at radius 2 is 2.22 bits per heavy atom. The molecule has 1 aliphatic carbocycles. The van der Waals surface area contributed by atoms with Crippen molar-refractivity contribution in [1.82, 2.24) is 0 Å². The van der Waals surface area contributed by atoms with Crippen molar-refractivity contribution in [2.24, 2.45) is 17.3 Å². The summed E-state index contributed by atoms with van der Waals surface area (Å²) < 4.78 is 0. The van der Waals surface area contributed by atoms with Crippen LogP contribution in [0.15, 0.2) is 0 Å². The number of carbonyl (C=O) groups excluding carboxylic acids is 1. The van der Waals surface area contributed by atoms with Gasteiger partial charge in [0.05, 0.1) is 0 Å². The number of hydrogen-bond donors (Lipinski definition) is 1. The Labute approximate surface area is 54.9 Å². The van der Waals surface area contributed by atoms with Gasteiger partial charge >= 0.3 is 0 Å². The van der Waals surface area contributed by atoms with Crippen LogP contribution in [-0.2, 0) is 4.79 Å². The maximum atomic E-state index is 10.2. The molecule has 0 amide bonds. The fourth-order valence-corrected chi connectivity index (χ4v) is 1.41. The highest BCUT2D eigenvalue weighted by Gasteiger charge is 2.56. The summed E-state index contributed by atoms with van der Waals surface area (Å²) in [6.07, 6.45) is 0.945. The monoisotopic (exact) mass is 128 g/mol. The highest BCUT2D eigenvalue weighted by atomic mass is 16.3. The normalized spacial score (nSPS) is 38.1. The van der Waals surface area contributed by atoms with Gasteiger partial charge in [0.1, 0.15) is 6.29 Å². The number of aliphatic hydroxyl groups excluding tert-OH is 1. The van der Waals surface area contributed by atoms with Crippen LogP contribution >= 0.6 is 0 Å². The van der Waals surface area contributed by atoms with Crippen LogP contribution in [0.3, 0.4) is 0 Å². The lowest BCUT2D eigenvalue weighted by molar-refractivity contribution is -0.109. The van der Waals surface area contributed by atoms with Crippen LogP contribution in [0.25, 0.3) is 0 Å². The molecule has 2 atom stereocenters. The van der Waals surface area contributed by atoms with Gasteiger partial charge in [-0.1, -0.05) is 13.8 Å². The van der Waals surface area contributed by atoms with Crippen molar-refractivity contribution in [3.8, 4) is 0 Å². The van der Waals surface area contributed by atoms with Crippen molar-refractivity contribution in [2.75, 3.05) is 6.61 Å². The van der Waals surface area contributed by atoms with Gasteiger partial charge in [0.2, 0.25) is 0 Å². The van der Waals surface area contributed by atoms with Gasteiger partial charge in [-0.3, -0.25) is 0 Å². The Kier molecular flexibility index (Phi) is 1.35. The third kappa shape index (κ3) is 0.778. The van der Waals surface area contributed by atoms with E-state index in [0.29, 0.717) is 0 Å². The summed E-state index contributed by atoms with van der Waals surface area (Å²) in [6.45, 7) is 4.16. The van der Waals surface area contributed by atoms with Crippen LogP contribution in [0, 0.1) is 17.3 Å². The molecule has 0 saturated heterocycles. The van der Waals surface area contributed by atoms with Crippen molar-refractivity contribution < 1.29 is 9.90 Å². The average Bonchev–Trinajstić information content (AvgIpc) is 2.32. The Hall–Kier alpha value is -0.370. The third-order valence-electron chi connectivity index (χ3n) is 2.48. The summed E-state index contributed by atoms with van der Waals surface area (Å²) in [7, 11) is 0. The molecule has 0 aliphatic heterocycles. The molecule has 0 aromatic heterocycles. The average molecular weight is 128 g/mol. The van der Waals surface area contributed by atoms with E-state index in [4.69, 9.17) is 5.11 Å². The molecular weight excluding hydrogens is 116 g/mol. The van der Waals surface area contributed by atoms with Crippen molar-refractivity contribution in [2.45, 2.75) is 13.8 Å². The zero-order chi connectivity index (χ0) is 7.07. The Morgan fingerprint density at radius 1 is 1.67 bits per heavy atom. The fraction of sp³-hybridized carbons (Fsp3) is 0.857. The molecule has 1 aliphatic rings. The molecule has 1 fully saturated rings. The van der Waals surface area contributed by atoms with Crippen molar-refractivity contribution in [1.29, 1.82) is 0 Å². The highest BCUT2D eigenvalue weighted by Crippen LogP contribution is 2.56. The minimum atomic E-state index is 0.0660. The Bertz CT molecular complexity index is 129. The van der Waals surface area contributed by atoms with Crippen molar-refractivity contribution >= 4 is 6.29 Å². The second-order valence-electron chi connectivity index (χ2n) is 3.27. The molecule has 1 saturated carbocycles. The summed E-state index contributed by atoms with van der Waals surface area (Å²) in [4.78, 5) is 10.2. The van der Waals surface area contributed by atoms with E-state index in [1.807, 2.05) is 13.8 Å². The molecule has 2 nitrogen and oxygen atoms in total. The summed E-state index contributed by atoms with van der Waals surface area (Å²) >= 11 is 0. The summed E-state index contributed by atoms with van der Waals surface area (Å²) in [5, 5.41) is 8.68. The first-order valence-electron chi connectivity index (χ1n) is 3.20. The summed E-state index contributed by atoms with van der Waals surface area (Å²) in [6, 6.07) is 0. The summed E-state index contributed by atoms with van der Waals surface area (Å²) in [5.41, 5.74) is 0.0660. The number of hydrogen-bond acceptors (Lipinski definition) is 2. The molecule has 0 heterocycles. The predicted octanol–water partition coefficient (Wildman–Crippen LogP) is 0.450. The minimum absolute atomic E-state index is 0.0660. The van der Waals surface area contributed by atoms with E-state index in [-0.39, 0.29) is 23.9 Å². The zero-order valence-electron chi connectivity index (χ0n) is 5.79. The van der Waals surface area contributed by atoms with Gasteiger partial charge in [0, 0.05) is 12.5 Å². The number of aldehydes is 1. The van der Waals surface area contributed by atoms with E-state index in [0.717, 1.165) is 6.29 Å². The second kappa shape index (κ2) is 1.81. The molecule has 1 rings (SSSR count). The van der Waals surface area contributed by atoms with Crippen molar-refractivity contribution in [3.05, 3.63) is 0 Å². The molecule has 52 valence electrons. The van der Waals surface area contributed by atoms with Crippen LogP contribution < -0.4 is 0 Å². The first-order valence-corrected chi connectivity index (χ1v) is 3.20. The highest BCUT2D eigenvalue weighted by molar-refractivity contribution is 5.61. The predicted molar refractivity (Wildman–Crippen MR) is 33.9 cm³/mol. The lowest BCUT2D eigenvalue weighted by Crippen LogP contribution is -1.93. The van der Waals surface area contributed by atoms with Gasteiger partial charge in [-0.2, -0.15) is 0 Å². The molecule has 0 spiro atoms. The van der Waals surface area contributed by atoms with Gasteiger partial charge in [-0.15, -0.1) is 0 Å². The molecule has 1 N–H and O–H groups in total. The lowest BCUT2D eigenvalue weighted by Gasteiger charge is -1.95. The van der Waals surface area contributed by atoms with Gasteiger partial charge in [0.25, 0.3) is 0 Å². The van der Waals surface area contributed by atoms with E-state index in [2.05, 4.69) is 0 Å². The first kappa shape index (κ1) is 6.75. The van der Waals surface area contributed by atoms with E-state index >= 15 is 0 Å². The Morgan fingerprint density at radius 3 is 2.33 bits per heavy atom. The van der Waals surface area contributed by atoms with Crippen molar-refractivity contribution in [3.63, 3.8) is 0 Å². The molecule has 2 heteroatoms. The van der Waals surface area contributed by atoms with Gasteiger partial charge in [-0.25, -0.2) is 0 Å². The zero-order valence-corrected chi connectivity index (χ0v) is 5.79. The molecule has 0 bridgehead atoms. The third-order valence-corrected chi connectivity index (χ3v) is 2.48. The first-order chi connectivity index (χ1) is 4.14. The van der Waals surface area contributed by atoms with Gasteiger partial charge < -0.3 is 9.90 Å². The Balaban J connectivity index is 2.54. The standard InChI is InChI=1S/C7H12O2/c1-7(2)5(3-8)6(7)4-9/h3,5-6,9H,4H2,1-2H3/t5-,6+/m0/s1. The van der Waals surface area contributed by atoms with Crippen LogP contribution in [-0.4, -0.2) is 18.0 Å². The maximum Gasteiger partial charge on any atom is 0.124 e. The second-order valence-corrected chi connectivity index (χ2v) is 3.27. The quantitative estimate of drug-likeness (QED) is 0.548. The molecule has 0 unspecified atom stereocenters. The van der Waals surface area contributed by atoms with E-state index < -0.39 is 0 Å². The summed E-state index contributed by atoms with van der Waals surface area (Å²) in [5.74, 6) is 0.317. The topological polar surface area (TPSA) is 37.3 Å². The van der Waals surface area contributed by atoms with Crippen LogP contribution in [0.4, 0.5) is 0 Å². The fourth-order valence-electron chi connectivity index (χ4n) is 1.41. The molecule has 0 aromatic rings. The maximum absolute atomic E-state index is 10.2. The molecule has 9 heavy (non-hydrogen) atoms. The van der Waals surface area contributed by atoms with E-state index in [1.54, 1.807) is 0 Å². The SMILES string of the molecule is CC1(C)[C@H](CO)[C@@H]1C=O. The largest absolute Gasteiger partial charge is 0.396 e.